The maximum absolute atomic E-state index is 5.85. The molecule has 4 heteroatoms. The summed E-state index contributed by atoms with van der Waals surface area (Å²) in [4.78, 5) is 0. The van der Waals surface area contributed by atoms with Gasteiger partial charge in [0.05, 0.1) is 18.8 Å². The van der Waals surface area contributed by atoms with E-state index in [9.17, 15) is 0 Å². The number of ether oxygens (including phenoxy) is 3. The Morgan fingerprint density at radius 2 is 1.88 bits per heavy atom. The Bertz CT molecular complexity index is 155. The molecule has 0 aromatic heterocycles. The molecule has 98 valence electrons. The number of rotatable bonds is 11. The molecule has 0 aliphatic heterocycles. The van der Waals surface area contributed by atoms with Gasteiger partial charge in [-0.05, 0) is 26.8 Å². The molecule has 4 nitrogen and oxygen atoms in total. The Labute approximate surface area is 99.6 Å². The lowest BCUT2D eigenvalue weighted by Crippen LogP contribution is -2.38. The number of likely N-dealkylation sites (N-methyl/N-ethyl adjacent to an activating group) is 1. The molecule has 0 saturated heterocycles. The molecule has 0 aromatic carbocycles. The van der Waals surface area contributed by atoms with E-state index in [1.165, 1.54) is 0 Å². The third kappa shape index (κ3) is 8.05. The summed E-state index contributed by atoms with van der Waals surface area (Å²) in [5.41, 5.74) is -0.0543. The zero-order chi connectivity index (χ0) is 12.3. The summed E-state index contributed by atoms with van der Waals surface area (Å²) in [5.74, 6) is 0. The van der Waals surface area contributed by atoms with E-state index < -0.39 is 0 Å². The second-order valence-corrected chi connectivity index (χ2v) is 4.14. The zero-order valence-electron chi connectivity index (χ0n) is 11.2. The van der Waals surface area contributed by atoms with E-state index in [1.807, 2.05) is 7.05 Å². The van der Waals surface area contributed by atoms with E-state index in [0.29, 0.717) is 13.2 Å². The van der Waals surface area contributed by atoms with Crippen molar-refractivity contribution in [1.82, 2.24) is 5.32 Å². The first-order valence-electron chi connectivity index (χ1n) is 6.03. The highest BCUT2D eigenvalue weighted by molar-refractivity contribution is 4.75. The van der Waals surface area contributed by atoms with Gasteiger partial charge in [0, 0.05) is 26.9 Å². The Morgan fingerprint density at radius 1 is 1.12 bits per heavy atom. The number of nitrogens with one attached hydrogen (secondary N) is 1. The number of hydrogen-bond acceptors (Lipinski definition) is 4. The lowest BCUT2D eigenvalue weighted by atomic mass is 10.0. The van der Waals surface area contributed by atoms with Gasteiger partial charge in [0.2, 0.25) is 0 Å². The molecule has 0 saturated carbocycles. The molecule has 0 bridgehead atoms. The smallest absolute Gasteiger partial charge is 0.0775 e. The first kappa shape index (κ1) is 15.8. The minimum Gasteiger partial charge on any atom is -0.382 e. The van der Waals surface area contributed by atoms with Gasteiger partial charge in [0.15, 0.2) is 0 Å². The van der Waals surface area contributed by atoms with E-state index in [-0.39, 0.29) is 5.60 Å². The number of methoxy groups -OCH3 is 1. The normalized spacial score (nSPS) is 15.0. The molecule has 0 aliphatic rings. The summed E-state index contributed by atoms with van der Waals surface area (Å²) in [5, 5.41) is 3.16. The van der Waals surface area contributed by atoms with Crippen LogP contribution >= 0.6 is 0 Å². The topological polar surface area (TPSA) is 39.7 Å². The van der Waals surface area contributed by atoms with E-state index in [1.54, 1.807) is 7.11 Å². The predicted molar refractivity (Wildman–Crippen MR) is 65.9 cm³/mol. The fraction of sp³-hybridized carbons (Fsp3) is 1.00. The van der Waals surface area contributed by atoms with Crippen molar-refractivity contribution in [2.45, 2.75) is 32.3 Å². The van der Waals surface area contributed by atoms with Crippen LogP contribution in [0.15, 0.2) is 0 Å². The van der Waals surface area contributed by atoms with Crippen molar-refractivity contribution >= 4 is 0 Å². The Hall–Kier alpha value is -0.160. The van der Waals surface area contributed by atoms with E-state index in [4.69, 9.17) is 14.2 Å². The molecule has 0 rings (SSSR count). The van der Waals surface area contributed by atoms with Crippen LogP contribution in [-0.4, -0.2) is 52.7 Å². The summed E-state index contributed by atoms with van der Waals surface area (Å²) in [6.45, 7) is 7.97. The first-order valence-corrected chi connectivity index (χ1v) is 6.03. The number of hydrogen-bond donors (Lipinski definition) is 1. The van der Waals surface area contributed by atoms with Gasteiger partial charge in [-0.1, -0.05) is 6.92 Å². The van der Waals surface area contributed by atoms with E-state index in [2.05, 4.69) is 19.2 Å². The van der Waals surface area contributed by atoms with Crippen LogP contribution in [-0.2, 0) is 14.2 Å². The van der Waals surface area contributed by atoms with Crippen LogP contribution in [0.25, 0.3) is 0 Å². The molecule has 0 aliphatic carbocycles. The molecular weight excluding hydrogens is 206 g/mol. The van der Waals surface area contributed by atoms with Crippen molar-refractivity contribution in [3.05, 3.63) is 0 Å². The molecule has 0 heterocycles. The minimum atomic E-state index is -0.0543. The average Bonchev–Trinajstić information content (AvgIpc) is 2.28. The third-order valence-corrected chi connectivity index (χ3v) is 2.61. The van der Waals surface area contributed by atoms with Crippen molar-refractivity contribution < 1.29 is 14.2 Å². The van der Waals surface area contributed by atoms with Crippen LogP contribution in [0.2, 0.25) is 0 Å². The average molecular weight is 233 g/mol. The molecule has 0 spiro atoms. The Morgan fingerprint density at radius 3 is 2.44 bits per heavy atom. The highest BCUT2D eigenvalue weighted by Crippen LogP contribution is 2.13. The largest absolute Gasteiger partial charge is 0.382 e. The van der Waals surface area contributed by atoms with Gasteiger partial charge in [-0.2, -0.15) is 0 Å². The molecule has 0 aromatic rings. The van der Waals surface area contributed by atoms with Gasteiger partial charge in [0.1, 0.15) is 0 Å². The zero-order valence-corrected chi connectivity index (χ0v) is 11.2. The van der Waals surface area contributed by atoms with Crippen LogP contribution in [0.1, 0.15) is 26.7 Å². The molecular formula is C12H27NO3. The molecule has 0 radical (unpaired) electrons. The molecule has 1 unspecified atom stereocenters. The third-order valence-electron chi connectivity index (χ3n) is 2.61. The van der Waals surface area contributed by atoms with Gasteiger partial charge in [0.25, 0.3) is 0 Å². The lowest BCUT2D eigenvalue weighted by molar-refractivity contribution is -0.0414. The quantitative estimate of drug-likeness (QED) is 0.548. The minimum absolute atomic E-state index is 0.0543. The van der Waals surface area contributed by atoms with Crippen LogP contribution in [0, 0.1) is 0 Å². The molecule has 0 fully saturated rings. The maximum Gasteiger partial charge on any atom is 0.0775 e. The first-order chi connectivity index (χ1) is 7.68. The highest BCUT2D eigenvalue weighted by atomic mass is 16.5. The fourth-order valence-electron chi connectivity index (χ4n) is 1.38. The monoisotopic (exact) mass is 233 g/mol. The summed E-state index contributed by atoms with van der Waals surface area (Å²) in [6.07, 6.45) is 1.95. The summed E-state index contributed by atoms with van der Waals surface area (Å²) in [6, 6.07) is 0. The van der Waals surface area contributed by atoms with Crippen molar-refractivity contribution in [1.29, 1.82) is 0 Å². The van der Waals surface area contributed by atoms with Crippen LogP contribution in [0.3, 0.4) is 0 Å². The van der Waals surface area contributed by atoms with Crippen molar-refractivity contribution in [2.75, 3.05) is 47.1 Å². The van der Waals surface area contributed by atoms with Crippen molar-refractivity contribution in [3.8, 4) is 0 Å². The maximum atomic E-state index is 5.85. The van der Waals surface area contributed by atoms with Gasteiger partial charge >= 0.3 is 0 Å². The lowest BCUT2D eigenvalue weighted by Gasteiger charge is -2.28. The van der Waals surface area contributed by atoms with Gasteiger partial charge in [-0.3, -0.25) is 0 Å². The fourth-order valence-corrected chi connectivity index (χ4v) is 1.38. The van der Waals surface area contributed by atoms with Crippen LogP contribution in [0.5, 0.6) is 0 Å². The SMILES string of the molecule is CCC(C)(CNC)OCCCOCCOC. The molecule has 1 N–H and O–H groups in total. The van der Waals surface area contributed by atoms with Crippen molar-refractivity contribution in [2.24, 2.45) is 0 Å². The van der Waals surface area contributed by atoms with Crippen LogP contribution in [0.4, 0.5) is 0 Å². The second-order valence-electron chi connectivity index (χ2n) is 4.14. The van der Waals surface area contributed by atoms with Gasteiger partial charge in [-0.25, -0.2) is 0 Å². The molecule has 0 amide bonds. The van der Waals surface area contributed by atoms with Gasteiger partial charge < -0.3 is 19.5 Å². The van der Waals surface area contributed by atoms with Gasteiger partial charge in [-0.15, -0.1) is 0 Å². The standard InChI is InChI=1S/C12H27NO3/c1-5-12(2,11-13-3)16-8-6-7-15-10-9-14-4/h13H,5-11H2,1-4H3. The second kappa shape index (κ2) is 10.0. The molecule has 16 heavy (non-hydrogen) atoms. The van der Waals surface area contributed by atoms with E-state index in [0.717, 1.165) is 32.6 Å². The van der Waals surface area contributed by atoms with Crippen LogP contribution < -0.4 is 5.32 Å². The Balaban J connectivity index is 3.41. The summed E-state index contributed by atoms with van der Waals surface area (Å²) < 4.78 is 16.1. The summed E-state index contributed by atoms with van der Waals surface area (Å²) >= 11 is 0. The van der Waals surface area contributed by atoms with E-state index >= 15 is 0 Å². The highest BCUT2D eigenvalue weighted by Gasteiger charge is 2.20. The Kier molecular flexibility index (Phi) is 9.92. The predicted octanol–water partition coefficient (Wildman–Crippen LogP) is 1.44. The molecule has 1 atom stereocenters. The summed E-state index contributed by atoms with van der Waals surface area (Å²) in [7, 11) is 3.63. The van der Waals surface area contributed by atoms with Crippen molar-refractivity contribution in [3.63, 3.8) is 0 Å².